The standard InChI is InChI=1S/C12H21N5O3/c1-7(2)16-11(10(17(19)20)8(3)15-16)14-12(4,5)6-9(13)18/h7,14H,6H2,1-5H3,(H2,13,18). The van der Waals surface area contributed by atoms with Crippen LogP contribution >= 0.6 is 0 Å². The van der Waals surface area contributed by atoms with Gasteiger partial charge >= 0.3 is 5.69 Å². The predicted molar refractivity (Wildman–Crippen MR) is 75.5 cm³/mol. The molecule has 20 heavy (non-hydrogen) atoms. The predicted octanol–water partition coefficient (Wildman–Crippen LogP) is 1.75. The maximum Gasteiger partial charge on any atom is 0.333 e. The molecule has 0 aliphatic rings. The summed E-state index contributed by atoms with van der Waals surface area (Å²) >= 11 is 0. The zero-order chi connectivity index (χ0) is 15.7. The van der Waals surface area contributed by atoms with Gasteiger partial charge in [0, 0.05) is 18.0 Å². The van der Waals surface area contributed by atoms with Crippen LogP contribution in [0.3, 0.4) is 0 Å². The number of rotatable bonds is 6. The summed E-state index contributed by atoms with van der Waals surface area (Å²) in [6.07, 6.45) is 0.0620. The summed E-state index contributed by atoms with van der Waals surface area (Å²) in [5, 5.41) is 18.4. The second-order valence-electron chi connectivity index (χ2n) is 5.73. The van der Waals surface area contributed by atoms with Gasteiger partial charge in [-0.1, -0.05) is 0 Å². The lowest BCUT2D eigenvalue weighted by molar-refractivity contribution is -0.384. The minimum atomic E-state index is -0.699. The van der Waals surface area contributed by atoms with Crippen molar-refractivity contribution in [2.75, 3.05) is 5.32 Å². The van der Waals surface area contributed by atoms with E-state index in [9.17, 15) is 14.9 Å². The molecule has 8 heteroatoms. The molecule has 112 valence electrons. The van der Waals surface area contributed by atoms with Crippen molar-refractivity contribution in [1.29, 1.82) is 0 Å². The monoisotopic (exact) mass is 283 g/mol. The lowest BCUT2D eigenvalue weighted by Gasteiger charge is -2.26. The fourth-order valence-corrected chi connectivity index (χ4v) is 2.05. The number of carbonyl (C=O) groups excluding carboxylic acids is 1. The van der Waals surface area contributed by atoms with Crippen LogP contribution in [0.5, 0.6) is 0 Å². The van der Waals surface area contributed by atoms with Crippen LogP contribution in [0.4, 0.5) is 11.5 Å². The number of nitrogens with two attached hydrogens (primary N) is 1. The molecule has 0 aliphatic heterocycles. The molecule has 1 rings (SSSR count). The maximum absolute atomic E-state index is 11.2. The Hall–Kier alpha value is -2.12. The minimum Gasteiger partial charge on any atom is -0.370 e. The third-order valence-electron chi connectivity index (χ3n) is 2.80. The molecular weight excluding hydrogens is 262 g/mol. The summed E-state index contributed by atoms with van der Waals surface area (Å²) in [5.74, 6) is -0.175. The number of hydrogen-bond acceptors (Lipinski definition) is 5. The number of nitrogens with one attached hydrogen (secondary N) is 1. The Kier molecular flexibility index (Phi) is 4.36. The first-order chi connectivity index (χ1) is 9.05. The van der Waals surface area contributed by atoms with E-state index in [4.69, 9.17) is 5.73 Å². The largest absolute Gasteiger partial charge is 0.370 e. The quantitative estimate of drug-likeness (QED) is 0.609. The van der Waals surface area contributed by atoms with Gasteiger partial charge in [0.2, 0.25) is 11.7 Å². The van der Waals surface area contributed by atoms with Crippen molar-refractivity contribution in [3.05, 3.63) is 15.8 Å². The number of nitrogens with zero attached hydrogens (tertiary/aromatic N) is 3. The number of anilines is 1. The fourth-order valence-electron chi connectivity index (χ4n) is 2.05. The van der Waals surface area contributed by atoms with Crippen molar-refractivity contribution in [2.24, 2.45) is 5.73 Å². The zero-order valence-electron chi connectivity index (χ0n) is 12.4. The molecule has 8 nitrogen and oxygen atoms in total. The molecule has 0 fully saturated rings. The molecule has 1 aromatic rings. The second-order valence-corrected chi connectivity index (χ2v) is 5.73. The van der Waals surface area contributed by atoms with Crippen LogP contribution in [-0.2, 0) is 4.79 Å². The van der Waals surface area contributed by atoms with E-state index in [1.807, 2.05) is 13.8 Å². The van der Waals surface area contributed by atoms with Gasteiger partial charge < -0.3 is 11.1 Å². The number of primary amides is 1. The van der Waals surface area contributed by atoms with Crippen LogP contribution in [-0.4, -0.2) is 26.1 Å². The summed E-state index contributed by atoms with van der Waals surface area (Å²) in [6.45, 7) is 8.86. The molecule has 0 saturated heterocycles. The molecule has 1 heterocycles. The summed E-state index contributed by atoms with van der Waals surface area (Å²) in [4.78, 5) is 21.8. The molecular formula is C12H21N5O3. The Balaban J connectivity index is 3.27. The second kappa shape index (κ2) is 5.48. The molecule has 0 saturated carbocycles. The molecule has 0 spiro atoms. The van der Waals surface area contributed by atoms with Crippen molar-refractivity contribution < 1.29 is 9.72 Å². The van der Waals surface area contributed by atoms with E-state index in [-0.39, 0.29) is 18.2 Å². The van der Waals surface area contributed by atoms with E-state index >= 15 is 0 Å². The molecule has 0 radical (unpaired) electrons. The normalized spacial score (nSPS) is 11.7. The van der Waals surface area contributed by atoms with Gasteiger partial charge in [-0.3, -0.25) is 14.9 Å². The summed E-state index contributed by atoms with van der Waals surface area (Å²) in [6, 6.07) is -0.0470. The Morgan fingerprint density at radius 3 is 2.50 bits per heavy atom. The van der Waals surface area contributed by atoms with Crippen LogP contribution < -0.4 is 11.1 Å². The molecule has 1 aromatic heterocycles. The zero-order valence-corrected chi connectivity index (χ0v) is 12.4. The van der Waals surface area contributed by atoms with Crippen molar-refractivity contribution in [3.8, 4) is 0 Å². The maximum atomic E-state index is 11.2. The highest BCUT2D eigenvalue weighted by Crippen LogP contribution is 2.33. The van der Waals surface area contributed by atoms with Crippen molar-refractivity contribution in [3.63, 3.8) is 0 Å². The Morgan fingerprint density at radius 1 is 1.55 bits per heavy atom. The van der Waals surface area contributed by atoms with Crippen molar-refractivity contribution in [1.82, 2.24) is 9.78 Å². The van der Waals surface area contributed by atoms with Crippen LogP contribution in [0, 0.1) is 17.0 Å². The van der Waals surface area contributed by atoms with Gasteiger partial charge in [0.1, 0.15) is 5.69 Å². The molecule has 0 atom stereocenters. The van der Waals surface area contributed by atoms with Crippen molar-refractivity contribution in [2.45, 2.75) is 52.6 Å². The van der Waals surface area contributed by atoms with E-state index < -0.39 is 16.4 Å². The highest BCUT2D eigenvalue weighted by atomic mass is 16.6. The topological polar surface area (TPSA) is 116 Å². The average molecular weight is 283 g/mol. The van der Waals surface area contributed by atoms with Gasteiger partial charge in [0.15, 0.2) is 0 Å². The summed E-state index contributed by atoms with van der Waals surface area (Å²) in [5.41, 5.74) is 4.76. The SMILES string of the molecule is Cc1nn(C(C)C)c(NC(C)(C)CC(N)=O)c1[N+](=O)[O-]. The van der Waals surface area contributed by atoms with Gasteiger partial charge in [0.05, 0.1) is 4.92 Å². The molecule has 3 N–H and O–H groups in total. The third-order valence-corrected chi connectivity index (χ3v) is 2.80. The first-order valence-corrected chi connectivity index (χ1v) is 6.35. The first kappa shape index (κ1) is 15.9. The summed E-state index contributed by atoms with van der Waals surface area (Å²) < 4.78 is 1.55. The molecule has 0 unspecified atom stereocenters. The van der Waals surface area contributed by atoms with Gasteiger partial charge in [0.25, 0.3) is 0 Å². The number of aromatic nitrogens is 2. The number of nitro groups is 1. The fraction of sp³-hybridized carbons (Fsp3) is 0.667. The van der Waals surface area contributed by atoms with E-state index in [0.717, 1.165) is 0 Å². The number of hydrogen-bond donors (Lipinski definition) is 2. The van der Waals surface area contributed by atoms with Crippen molar-refractivity contribution >= 4 is 17.4 Å². The van der Waals surface area contributed by atoms with Crippen LogP contribution in [0.2, 0.25) is 0 Å². The van der Waals surface area contributed by atoms with Gasteiger partial charge in [-0.05, 0) is 34.6 Å². The molecule has 0 aromatic carbocycles. The van der Waals surface area contributed by atoms with E-state index in [1.54, 1.807) is 25.5 Å². The Labute approximate surface area is 117 Å². The third kappa shape index (κ3) is 3.46. The lowest BCUT2D eigenvalue weighted by atomic mass is 10.0. The Morgan fingerprint density at radius 2 is 2.10 bits per heavy atom. The highest BCUT2D eigenvalue weighted by molar-refractivity contribution is 5.76. The van der Waals surface area contributed by atoms with E-state index in [0.29, 0.717) is 11.5 Å². The highest BCUT2D eigenvalue weighted by Gasteiger charge is 2.31. The molecule has 0 aliphatic carbocycles. The Bertz CT molecular complexity index is 533. The van der Waals surface area contributed by atoms with E-state index in [1.165, 1.54) is 0 Å². The molecule has 1 amide bonds. The minimum absolute atomic E-state index is 0.0470. The molecule has 0 bridgehead atoms. The van der Waals surface area contributed by atoms with Crippen LogP contribution in [0.15, 0.2) is 0 Å². The number of aryl methyl sites for hydroxylation is 1. The van der Waals surface area contributed by atoms with E-state index in [2.05, 4.69) is 10.4 Å². The van der Waals surface area contributed by atoms with Crippen LogP contribution in [0.1, 0.15) is 45.9 Å². The average Bonchev–Trinajstić information content (AvgIpc) is 2.52. The van der Waals surface area contributed by atoms with Crippen LogP contribution in [0.25, 0.3) is 0 Å². The lowest BCUT2D eigenvalue weighted by Crippen LogP contribution is -2.37. The van der Waals surface area contributed by atoms with Gasteiger partial charge in [-0.2, -0.15) is 5.10 Å². The van der Waals surface area contributed by atoms with Gasteiger partial charge in [-0.15, -0.1) is 0 Å². The van der Waals surface area contributed by atoms with Gasteiger partial charge in [-0.25, -0.2) is 4.68 Å². The number of amides is 1. The summed E-state index contributed by atoms with van der Waals surface area (Å²) in [7, 11) is 0. The first-order valence-electron chi connectivity index (χ1n) is 6.35. The number of carbonyl (C=O) groups is 1. The smallest absolute Gasteiger partial charge is 0.333 e.